The highest BCUT2D eigenvalue weighted by atomic mass is 35.5. The first kappa shape index (κ1) is 13.7. The Morgan fingerprint density at radius 1 is 1.30 bits per heavy atom. The van der Waals surface area contributed by atoms with Gasteiger partial charge in [-0.1, -0.05) is 36.7 Å². The molecule has 0 spiro atoms. The molecule has 2 aromatic rings. The minimum Gasteiger partial charge on any atom is -0.287 e. The molecule has 0 bridgehead atoms. The Hall–Kier alpha value is -1.26. The van der Waals surface area contributed by atoms with Crippen molar-refractivity contribution < 1.29 is 8.78 Å². The van der Waals surface area contributed by atoms with E-state index in [1.165, 1.54) is 0 Å². The third-order valence-electron chi connectivity index (χ3n) is 3.64. The lowest BCUT2D eigenvalue weighted by Gasteiger charge is -2.39. The number of aromatic nitrogens is 1. The van der Waals surface area contributed by atoms with Crippen LogP contribution in [0, 0.1) is 0 Å². The summed E-state index contributed by atoms with van der Waals surface area (Å²) in [4.78, 5) is 6.31. The number of likely N-dealkylation sites (tertiary alicyclic amines) is 1. The molecule has 0 atom stereocenters. The number of alkyl halides is 2. The Labute approximate surface area is 121 Å². The Kier molecular flexibility index (Phi) is 3.38. The van der Waals surface area contributed by atoms with Gasteiger partial charge in [-0.05, 0) is 12.5 Å². The smallest absolute Gasteiger partial charge is 0.272 e. The molecule has 1 fully saturated rings. The van der Waals surface area contributed by atoms with Crippen molar-refractivity contribution in [3.63, 3.8) is 0 Å². The van der Waals surface area contributed by atoms with E-state index < -0.39 is 5.92 Å². The van der Waals surface area contributed by atoms with E-state index in [-0.39, 0.29) is 13.1 Å². The van der Waals surface area contributed by atoms with Gasteiger partial charge in [0.2, 0.25) is 0 Å². The highest BCUT2D eigenvalue weighted by Gasteiger charge is 2.43. The molecule has 3 rings (SSSR count). The highest BCUT2D eigenvalue weighted by Crippen LogP contribution is 2.33. The maximum absolute atomic E-state index is 12.9. The molecular weight excluding hydrogens is 282 g/mol. The molecule has 1 aliphatic rings. The van der Waals surface area contributed by atoms with Crippen molar-refractivity contribution in [1.82, 2.24) is 9.88 Å². The topological polar surface area (TPSA) is 16.1 Å². The highest BCUT2D eigenvalue weighted by molar-refractivity contribution is 6.36. The summed E-state index contributed by atoms with van der Waals surface area (Å²) in [5, 5.41) is 1.52. The second kappa shape index (κ2) is 4.93. The van der Waals surface area contributed by atoms with Crippen LogP contribution in [0.5, 0.6) is 0 Å². The summed E-state index contributed by atoms with van der Waals surface area (Å²) in [6, 6.07) is 7.66. The molecule has 106 valence electrons. The van der Waals surface area contributed by atoms with Gasteiger partial charge >= 0.3 is 0 Å². The molecule has 0 saturated carbocycles. The summed E-state index contributed by atoms with van der Waals surface area (Å²) in [5.41, 5.74) is 2.62. The largest absolute Gasteiger partial charge is 0.287 e. The normalized spacial score (nSPS) is 18.2. The van der Waals surface area contributed by atoms with Gasteiger partial charge in [-0.2, -0.15) is 0 Å². The Morgan fingerprint density at radius 2 is 2.00 bits per heavy atom. The van der Waals surface area contributed by atoms with Crippen LogP contribution in [0.25, 0.3) is 10.9 Å². The van der Waals surface area contributed by atoms with Gasteiger partial charge in [0.25, 0.3) is 5.92 Å². The molecule has 5 heteroatoms. The van der Waals surface area contributed by atoms with E-state index in [0.717, 1.165) is 28.6 Å². The second-order valence-electron chi connectivity index (χ2n) is 5.22. The average Bonchev–Trinajstić information content (AvgIpc) is 2.39. The van der Waals surface area contributed by atoms with E-state index >= 15 is 0 Å². The Bertz CT molecular complexity index is 650. The number of benzene rings is 1. The number of halogens is 3. The SMILES string of the molecule is CCc1nc2ccccc2c(Cl)c1CN1CC(F)(F)C1. The van der Waals surface area contributed by atoms with Crippen LogP contribution in [0.1, 0.15) is 18.2 Å². The molecule has 1 saturated heterocycles. The van der Waals surface area contributed by atoms with E-state index in [0.29, 0.717) is 11.6 Å². The standard InChI is InChI=1S/C15H15ClF2N2/c1-2-12-11(7-20-8-15(17,18)9-20)14(16)10-5-3-4-6-13(10)19-12/h3-6H,2,7-9H2,1H3. The van der Waals surface area contributed by atoms with Crippen LogP contribution in [0.2, 0.25) is 5.02 Å². The average molecular weight is 297 g/mol. The van der Waals surface area contributed by atoms with Gasteiger partial charge in [0.05, 0.1) is 23.6 Å². The number of nitrogens with zero attached hydrogens (tertiary/aromatic N) is 2. The van der Waals surface area contributed by atoms with Crippen LogP contribution >= 0.6 is 11.6 Å². The molecule has 20 heavy (non-hydrogen) atoms. The lowest BCUT2D eigenvalue weighted by atomic mass is 10.0. The van der Waals surface area contributed by atoms with E-state index in [9.17, 15) is 8.78 Å². The third kappa shape index (κ3) is 2.38. The zero-order valence-electron chi connectivity index (χ0n) is 11.2. The second-order valence-corrected chi connectivity index (χ2v) is 5.60. The molecular formula is C15H15ClF2N2. The Balaban J connectivity index is 1.98. The number of hydrogen-bond acceptors (Lipinski definition) is 2. The van der Waals surface area contributed by atoms with Crippen molar-refractivity contribution in [2.24, 2.45) is 0 Å². The molecule has 0 unspecified atom stereocenters. The predicted octanol–water partition coefficient (Wildman–Crippen LogP) is 3.90. The Morgan fingerprint density at radius 3 is 2.65 bits per heavy atom. The van der Waals surface area contributed by atoms with Gasteiger partial charge in [-0.3, -0.25) is 9.88 Å². The molecule has 1 aliphatic heterocycles. The summed E-state index contributed by atoms with van der Waals surface area (Å²) in [6.45, 7) is 2.05. The van der Waals surface area contributed by atoms with E-state index in [4.69, 9.17) is 11.6 Å². The van der Waals surface area contributed by atoms with Crippen molar-refractivity contribution in [3.8, 4) is 0 Å². The molecule has 0 aliphatic carbocycles. The van der Waals surface area contributed by atoms with Gasteiger partial charge < -0.3 is 0 Å². The summed E-state index contributed by atoms with van der Waals surface area (Å²) in [5.74, 6) is -2.55. The maximum atomic E-state index is 12.9. The quantitative estimate of drug-likeness (QED) is 0.854. The summed E-state index contributed by atoms with van der Waals surface area (Å²) >= 11 is 6.47. The molecule has 2 nitrogen and oxygen atoms in total. The fourth-order valence-corrected chi connectivity index (χ4v) is 2.98. The van der Waals surface area contributed by atoms with Crippen LogP contribution < -0.4 is 0 Å². The van der Waals surface area contributed by atoms with Crippen LogP contribution in [0.4, 0.5) is 8.78 Å². The minimum absolute atomic E-state index is 0.195. The van der Waals surface area contributed by atoms with Crippen LogP contribution in [0.15, 0.2) is 24.3 Å². The van der Waals surface area contributed by atoms with Crippen molar-refractivity contribution in [2.45, 2.75) is 25.8 Å². The van der Waals surface area contributed by atoms with E-state index in [2.05, 4.69) is 4.98 Å². The number of fused-ring (bicyclic) bond motifs is 1. The zero-order chi connectivity index (χ0) is 14.3. The number of pyridine rings is 1. The van der Waals surface area contributed by atoms with Crippen molar-refractivity contribution >= 4 is 22.5 Å². The first-order chi connectivity index (χ1) is 9.50. The number of aryl methyl sites for hydroxylation is 1. The molecule has 1 aromatic carbocycles. The van der Waals surface area contributed by atoms with Gasteiger partial charge in [-0.15, -0.1) is 0 Å². The van der Waals surface area contributed by atoms with E-state index in [1.54, 1.807) is 4.90 Å². The maximum Gasteiger partial charge on any atom is 0.272 e. The summed E-state index contributed by atoms with van der Waals surface area (Å²) < 4.78 is 25.9. The minimum atomic E-state index is -2.55. The first-order valence-corrected chi connectivity index (χ1v) is 7.04. The van der Waals surface area contributed by atoms with Crippen molar-refractivity contribution in [1.29, 1.82) is 0 Å². The van der Waals surface area contributed by atoms with Gasteiger partial charge in [-0.25, -0.2) is 8.78 Å². The van der Waals surface area contributed by atoms with Crippen molar-refractivity contribution in [3.05, 3.63) is 40.5 Å². The summed E-state index contributed by atoms with van der Waals surface area (Å²) in [6.07, 6.45) is 0.740. The zero-order valence-corrected chi connectivity index (χ0v) is 11.9. The molecule has 0 amide bonds. The molecule has 0 radical (unpaired) electrons. The monoisotopic (exact) mass is 296 g/mol. The van der Waals surface area contributed by atoms with Crippen LogP contribution in [0.3, 0.4) is 0 Å². The lowest BCUT2D eigenvalue weighted by Crippen LogP contribution is -2.55. The van der Waals surface area contributed by atoms with E-state index in [1.807, 2.05) is 31.2 Å². The first-order valence-electron chi connectivity index (χ1n) is 6.66. The van der Waals surface area contributed by atoms with Gasteiger partial charge in [0.1, 0.15) is 0 Å². The van der Waals surface area contributed by atoms with Gasteiger partial charge in [0, 0.05) is 23.2 Å². The fourth-order valence-electron chi connectivity index (χ4n) is 2.66. The van der Waals surface area contributed by atoms with Gasteiger partial charge in [0.15, 0.2) is 0 Å². The lowest BCUT2D eigenvalue weighted by molar-refractivity contribution is -0.133. The summed E-state index contributed by atoms with van der Waals surface area (Å²) in [7, 11) is 0. The number of hydrogen-bond donors (Lipinski definition) is 0. The van der Waals surface area contributed by atoms with Crippen molar-refractivity contribution in [2.75, 3.05) is 13.1 Å². The van der Waals surface area contributed by atoms with Crippen LogP contribution in [-0.2, 0) is 13.0 Å². The number of para-hydroxylation sites is 1. The molecule has 0 N–H and O–H groups in total. The molecule has 1 aromatic heterocycles. The fraction of sp³-hybridized carbons (Fsp3) is 0.400. The molecule has 2 heterocycles. The van der Waals surface area contributed by atoms with Crippen LogP contribution in [-0.4, -0.2) is 28.9 Å². The predicted molar refractivity (Wildman–Crippen MR) is 76.4 cm³/mol. The number of rotatable bonds is 3. The third-order valence-corrected chi connectivity index (χ3v) is 4.07.